The highest BCUT2D eigenvalue weighted by Gasteiger charge is 2.33. The van der Waals surface area contributed by atoms with E-state index in [4.69, 9.17) is 9.47 Å². The number of hydrogen-bond donors (Lipinski definition) is 0. The van der Waals surface area contributed by atoms with Crippen LogP contribution in [0.1, 0.15) is 41.8 Å². The SMILES string of the molecule is COc1ccc(C)c2c1N(C(=O)c1cccc(S(=O)(=O)N3CC(C)OC(C)C3)c1)CCC2. The molecular formula is C24H30N2O5S. The molecule has 0 spiro atoms. The van der Waals surface area contributed by atoms with Gasteiger partial charge in [0.15, 0.2) is 0 Å². The smallest absolute Gasteiger partial charge is 0.258 e. The number of hydrogen-bond acceptors (Lipinski definition) is 5. The second-order valence-corrected chi connectivity index (χ2v) is 10.5. The number of morpholine rings is 1. The number of sulfonamides is 1. The molecule has 4 rings (SSSR count). The highest BCUT2D eigenvalue weighted by atomic mass is 32.2. The fourth-order valence-electron chi connectivity index (χ4n) is 4.64. The predicted octanol–water partition coefficient (Wildman–Crippen LogP) is 3.39. The second kappa shape index (κ2) is 8.84. The Bertz CT molecular complexity index is 1120. The largest absolute Gasteiger partial charge is 0.495 e. The minimum Gasteiger partial charge on any atom is -0.495 e. The lowest BCUT2D eigenvalue weighted by molar-refractivity contribution is -0.0440. The molecule has 2 aliphatic heterocycles. The Morgan fingerprint density at radius 3 is 2.53 bits per heavy atom. The number of rotatable bonds is 4. The van der Waals surface area contributed by atoms with E-state index in [2.05, 4.69) is 0 Å². The summed E-state index contributed by atoms with van der Waals surface area (Å²) in [6.45, 7) is 6.90. The van der Waals surface area contributed by atoms with Gasteiger partial charge in [-0.2, -0.15) is 4.31 Å². The first-order valence-electron chi connectivity index (χ1n) is 11.0. The highest BCUT2D eigenvalue weighted by molar-refractivity contribution is 7.89. The van der Waals surface area contributed by atoms with Gasteiger partial charge < -0.3 is 14.4 Å². The molecule has 1 fully saturated rings. The molecule has 32 heavy (non-hydrogen) atoms. The monoisotopic (exact) mass is 458 g/mol. The molecule has 2 aliphatic rings. The maximum atomic E-state index is 13.5. The van der Waals surface area contributed by atoms with Gasteiger partial charge in [-0.3, -0.25) is 4.79 Å². The van der Waals surface area contributed by atoms with Gasteiger partial charge in [-0.1, -0.05) is 12.1 Å². The summed E-state index contributed by atoms with van der Waals surface area (Å²) < 4.78 is 39.3. The summed E-state index contributed by atoms with van der Waals surface area (Å²) in [5.74, 6) is 0.425. The molecule has 1 saturated heterocycles. The van der Waals surface area contributed by atoms with Crippen LogP contribution in [0.25, 0.3) is 0 Å². The highest BCUT2D eigenvalue weighted by Crippen LogP contribution is 2.39. The van der Waals surface area contributed by atoms with Gasteiger partial charge in [-0.05, 0) is 69.0 Å². The molecule has 2 aromatic rings. The van der Waals surface area contributed by atoms with Gasteiger partial charge in [-0.15, -0.1) is 0 Å². The Labute approximate surface area is 190 Å². The van der Waals surface area contributed by atoms with Crippen LogP contribution < -0.4 is 9.64 Å². The molecule has 2 atom stereocenters. The van der Waals surface area contributed by atoms with Crippen LogP contribution in [-0.4, -0.2) is 57.6 Å². The molecule has 0 radical (unpaired) electrons. The molecule has 0 N–H and O–H groups in total. The maximum absolute atomic E-state index is 13.5. The lowest BCUT2D eigenvalue weighted by Gasteiger charge is -2.34. The van der Waals surface area contributed by atoms with Crippen LogP contribution >= 0.6 is 0 Å². The fourth-order valence-corrected chi connectivity index (χ4v) is 6.28. The van der Waals surface area contributed by atoms with Crippen LogP contribution in [0.3, 0.4) is 0 Å². The van der Waals surface area contributed by atoms with Gasteiger partial charge in [0.1, 0.15) is 5.75 Å². The first-order valence-corrected chi connectivity index (χ1v) is 12.4. The number of ether oxygens (including phenoxy) is 2. The summed E-state index contributed by atoms with van der Waals surface area (Å²) in [6, 6.07) is 10.2. The Kier molecular flexibility index (Phi) is 6.29. The van der Waals surface area contributed by atoms with E-state index in [9.17, 15) is 13.2 Å². The number of carbonyl (C=O) groups excluding carboxylic acids is 1. The summed E-state index contributed by atoms with van der Waals surface area (Å²) >= 11 is 0. The molecule has 0 aromatic heterocycles. The van der Waals surface area contributed by atoms with Gasteiger partial charge >= 0.3 is 0 Å². The maximum Gasteiger partial charge on any atom is 0.258 e. The van der Waals surface area contributed by atoms with Crippen molar-refractivity contribution >= 4 is 21.6 Å². The minimum absolute atomic E-state index is 0.123. The summed E-state index contributed by atoms with van der Waals surface area (Å²) in [7, 11) is -2.14. The van der Waals surface area contributed by atoms with E-state index >= 15 is 0 Å². The van der Waals surface area contributed by atoms with Gasteiger partial charge in [0, 0.05) is 25.2 Å². The standard InChI is InChI=1S/C24H30N2O5S/c1-16-10-11-22(30-4)23-21(16)9-6-12-26(23)24(27)19-7-5-8-20(13-19)32(28,29)25-14-17(2)31-18(3)15-25/h5,7-8,10-11,13,17-18H,6,9,12,14-15H2,1-4H3. The molecule has 2 aromatic carbocycles. The van der Waals surface area contributed by atoms with Crippen molar-refractivity contribution in [3.63, 3.8) is 0 Å². The van der Waals surface area contributed by atoms with Crippen molar-refractivity contribution in [1.29, 1.82) is 0 Å². The van der Waals surface area contributed by atoms with Crippen molar-refractivity contribution in [2.24, 2.45) is 0 Å². The summed E-state index contributed by atoms with van der Waals surface area (Å²) in [5, 5.41) is 0. The summed E-state index contributed by atoms with van der Waals surface area (Å²) in [5.41, 5.74) is 3.35. The number of fused-ring (bicyclic) bond motifs is 1. The van der Waals surface area contributed by atoms with E-state index in [1.165, 1.54) is 10.4 Å². The zero-order chi connectivity index (χ0) is 23.0. The Morgan fingerprint density at radius 1 is 1.12 bits per heavy atom. The third-order valence-corrected chi connectivity index (χ3v) is 7.96. The average molecular weight is 459 g/mol. The third-order valence-electron chi connectivity index (χ3n) is 6.13. The van der Waals surface area contributed by atoms with Crippen LogP contribution in [-0.2, 0) is 21.2 Å². The van der Waals surface area contributed by atoms with Crippen molar-refractivity contribution < 1.29 is 22.7 Å². The number of benzene rings is 2. The quantitative estimate of drug-likeness (QED) is 0.702. The summed E-state index contributed by atoms with van der Waals surface area (Å²) in [4.78, 5) is 15.4. The van der Waals surface area contributed by atoms with Gasteiger partial charge in [-0.25, -0.2) is 8.42 Å². The average Bonchev–Trinajstić information content (AvgIpc) is 2.78. The van der Waals surface area contributed by atoms with Crippen molar-refractivity contribution in [2.45, 2.75) is 50.7 Å². The Hall–Kier alpha value is -2.42. The Morgan fingerprint density at radius 2 is 1.84 bits per heavy atom. The number of carbonyl (C=O) groups is 1. The van der Waals surface area contributed by atoms with Crippen LogP contribution in [0.15, 0.2) is 41.3 Å². The molecular weight excluding hydrogens is 428 g/mol. The zero-order valence-electron chi connectivity index (χ0n) is 19.0. The number of anilines is 1. The molecule has 0 aliphatic carbocycles. The predicted molar refractivity (Wildman–Crippen MR) is 123 cm³/mol. The number of amides is 1. The van der Waals surface area contributed by atoms with E-state index in [0.29, 0.717) is 30.9 Å². The van der Waals surface area contributed by atoms with Crippen LogP contribution in [0.4, 0.5) is 5.69 Å². The van der Waals surface area contributed by atoms with E-state index < -0.39 is 10.0 Å². The van der Waals surface area contributed by atoms with Crippen molar-refractivity contribution in [2.75, 3.05) is 31.6 Å². The van der Waals surface area contributed by atoms with E-state index in [1.807, 2.05) is 32.9 Å². The van der Waals surface area contributed by atoms with Crippen molar-refractivity contribution in [3.05, 3.63) is 53.1 Å². The van der Waals surface area contributed by atoms with Crippen molar-refractivity contribution in [1.82, 2.24) is 4.31 Å². The fraction of sp³-hybridized carbons (Fsp3) is 0.458. The van der Waals surface area contributed by atoms with E-state index in [-0.39, 0.29) is 23.0 Å². The first kappa shape index (κ1) is 22.8. The summed E-state index contributed by atoms with van der Waals surface area (Å²) in [6.07, 6.45) is 1.36. The molecule has 0 saturated carbocycles. The number of aryl methyl sites for hydroxylation is 1. The van der Waals surface area contributed by atoms with Crippen LogP contribution in [0, 0.1) is 6.92 Å². The molecule has 7 nitrogen and oxygen atoms in total. The second-order valence-electron chi connectivity index (χ2n) is 8.58. The molecule has 0 bridgehead atoms. The van der Waals surface area contributed by atoms with Gasteiger partial charge in [0.05, 0.1) is 29.9 Å². The lowest BCUT2D eigenvalue weighted by Crippen LogP contribution is -2.48. The lowest BCUT2D eigenvalue weighted by atomic mass is 9.95. The van der Waals surface area contributed by atoms with E-state index in [0.717, 1.165) is 29.7 Å². The van der Waals surface area contributed by atoms with E-state index in [1.54, 1.807) is 30.2 Å². The number of methoxy groups -OCH3 is 1. The molecule has 2 unspecified atom stereocenters. The molecule has 1 amide bonds. The minimum atomic E-state index is -3.74. The molecule has 172 valence electrons. The van der Waals surface area contributed by atoms with Crippen LogP contribution in [0.2, 0.25) is 0 Å². The third kappa shape index (κ3) is 4.14. The Balaban J connectivity index is 1.68. The topological polar surface area (TPSA) is 76.2 Å². The number of nitrogens with zero attached hydrogens (tertiary/aromatic N) is 2. The zero-order valence-corrected chi connectivity index (χ0v) is 19.8. The van der Waals surface area contributed by atoms with Gasteiger partial charge in [0.25, 0.3) is 5.91 Å². The first-order chi connectivity index (χ1) is 15.2. The van der Waals surface area contributed by atoms with Gasteiger partial charge in [0.2, 0.25) is 10.0 Å². The molecule has 8 heteroatoms. The normalized spacial score (nSPS) is 21.8. The van der Waals surface area contributed by atoms with Crippen molar-refractivity contribution in [3.8, 4) is 5.75 Å². The molecule has 2 heterocycles. The van der Waals surface area contributed by atoms with Crippen LogP contribution in [0.5, 0.6) is 5.75 Å².